The molecule has 27 atom stereocenters. The number of alkyl halides is 61. The smallest absolute Gasteiger partial charge is 0.240 e. The summed E-state index contributed by atoms with van der Waals surface area (Å²) in [4.78, 5) is 0. The topological polar surface area (TPSA) is 0 Å². The summed E-state index contributed by atoms with van der Waals surface area (Å²) in [6.45, 7) is 1.35. The zero-order valence-corrected chi connectivity index (χ0v) is 73.9. The number of halogens is 61. The monoisotopic (exact) mass is 2290 g/mol. The number of fused-ring (bicyclic) bond motifs is 20. The summed E-state index contributed by atoms with van der Waals surface area (Å²) in [6, 6.07) is 0. The standard InChI is InChI=1S/C11H6F12.C10H7F9.C9H6F8.3C9H8F6.C9H11F3.C7H6ClF3.C7H6F4.C7H7F3/c12-8(13,14)6(9(15,16)17)4-1-2-5(3-4)7(6,10(18,19)20)11(21,22)23;11-8(12,13)6-4-1-2-5(3-4)7(6,9(14,15)16)10(17,18)19;10-7(11)5-2-1-4(3-5)6(7,8(12,13)14)9(15,16)17;10-7(8(11,12)9(13,14)15)4-5-1-2-6(7)3-5;10-8(11,12)7(9(13,14)15)4-5-1-2-6(7)3-5;10-8(11,12)6-4-1-2-5(3-4)7(6)9(13,14)15;1-8(9(10,11)12)5-6-2-3-7(8)4-6;2*8-6(9)4-1-2-5(3-4)7(6,10)11;8-6-4-1-2-5(3-4)7(6,9)10/h1-2,4-5H,3H2;1-2,4-6H,3H2;1-2,4-5H,3H2;2*1-2,5-6H,3-4H2;1-2,4-7H,3H2;2-3,6-7H,4-5H2,1H3;2*1-2,4-5H,3H2;1-2,4-6H,3H2. The minimum atomic E-state index is -6.81. The summed E-state index contributed by atoms with van der Waals surface area (Å²) >= 11 is 5.09. The van der Waals surface area contributed by atoms with Crippen LogP contribution < -0.4 is 0 Å². The van der Waals surface area contributed by atoms with E-state index in [0.717, 1.165) is 24.3 Å². The van der Waals surface area contributed by atoms with Gasteiger partial charge in [-0.1, -0.05) is 140 Å². The lowest BCUT2D eigenvalue weighted by Crippen LogP contribution is -2.72. The van der Waals surface area contributed by atoms with Gasteiger partial charge in [0.05, 0.1) is 23.2 Å². The van der Waals surface area contributed by atoms with Gasteiger partial charge in [-0.25, -0.2) is 39.5 Å². The van der Waals surface area contributed by atoms with Crippen LogP contribution >= 0.6 is 11.6 Å². The Hall–Kier alpha value is -6.51. The van der Waals surface area contributed by atoms with Crippen LogP contribution in [-0.4, -0.2) is 145 Å². The van der Waals surface area contributed by atoms with E-state index < -0.39 is 334 Å². The Balaban J connectivity index is 0.000000157. The second kappa shape index (κ2) is 36.8. The lowest BCUT2D eigenvalue weighted by molar-refractivity contribution is -0.474. The molecular formula is C87H73ClF60. The fraction of sp³-hybridized carbons (Fsp3) is 0.770. The van der Waals surface area contributed by atoms with Crippen molar-refractivity contribution in [1.82, 2.24) is 0 Å². The van der Waals surface area contributed by atoms with Gasteiger partial charge >= 0.3 is 116 Å². The maximum absolute atomic E-state index is 13.8. The predicted octanol–water partition coefficient (Wildman–Crippen LogP) is 35.1. The van der Waals surface area contributed by atoms with Crippen molar-refractivity contribution in [1.29, 1.82) is 0 Å². The molecule has 10 fully saturated rings. The molecule has 148 heavy (non-hydrogen) atoms. The molecule has 0 aliphatic heterocycles. The molecule has 27 unspecified atom stereocenters. The van der Waals surface area contributed by atoms with Gasteiger partial charge < -0.3 is 0 Å². The van der Waals surface area contributed by atoms with Gasteiger partial charge in [-0.2, -0.15) is 224 Å². The molecule has 0 aromatic rings. The molecule has 0 heterocycles. The summed E-state index contributed by atoms with van der Waals surface area (Å²) < 4.78 is 767. The highest BCUT2D eigenvalue weighted by Gasteiger charge is 2.99. The third-order valence-electron chi connectivity index (χ3n) is 32.5. The van der Waals surface area contributed by atoms with E-state index in [9.17, 15) is 263 Å². The van der Waals surface area contributed by atoms with E-state index in [4.69, 9.17) is 11.6 Å². The molecule has 0 amide bonds. The van der Waals surface area contributed by atoms with Crippen molar-refractivity contribution in [3.63, 3.8) is 0 Å². The highest BCUT2D eigenvalue weighted by Crippen LogP contribution is 2.83. The molecule has 848 valence electrons. The normalized spacial score (nSPS) is 38.6. The van der Waals surface area contributed by atoms with Crippen molar-refractivity contribution >= 4 is 11.6 Å². The lowest BCUT2D eigenvalue weighted by atomic mass is 9.55. The Labute approximate surface area is 798 Å². The maximum Gasteiger partial charge on any atom is 0.456 e. The van der Waals surface area contributed by atoms with Crippen LogP contribution in [-0.2, 0) is 0 Å². The highest BCUT2D eigenvalue weighted by atomic mass is 35.5. The molecule has 0 nitrogen and oxygen atoms in total. The van der Waals surface area contributed by atoms with Gasteiger partial charge in [0, 0.05) is 76.9 Å². The summed E-state index contributed by atoms with van der Waals surface area (Å²) in [5, 5.41) is -2.84. The number of allylic oxidation sites excluding steroid dienone is 20. The van der Waals surface area contributed by atoms with Crippen molar-refractivity contribution in [2.75, 3.05) is 0 Å². The fourth-order valence-electron chi connectivity index (χ4n) is 25.5. The Morgan fingerprint density at radius 1 is 0.230 bits per heavy atom. The van der Waals surface area contributed by atoms with E-state index in [1.165, 1.54) is 61.6 Å². The van der Waals surface area contributed by atoms with Gasteiger partial charge in [0.2, 0.25) is 5.41 Å². The molecule has 0 aromatic carbocycles. The summed E-state index contributed by atoms with van der Waals surface area (Å²) in [5.74, 6) is -57.8. The van der Waals surface area contributed by atoms with Crippen LogP contribution in [0.15, 0.2) is 122 Å². The Bertz CT molecular complexity index is 4810. The van der Waals surface area contributed by atoms with Crippen molar-refractivity contribution in [2.24, 2.45) is 169 Å². The second-order valence-electron chi connectivity index (χ2n) is 40.1. The largest absolute Gasteiger partial charge is 0.456 e. The second-order valence-corrected chi connectivity index (χ2v) is 40.6. The minimum absolute atomic E-state index is 0.0195. The molecule has 10 saturated carbocycles. The molecule has 0 N–H and O–H groups in total. The minimum Gasteiger partial charge on any atom is -0.240 e. The van der Waals surface area contributed by atoms with Crippen LogP contribution in [0.3, 0.4) is 0 Å². The number of hydrogen-bond donors (Lipinski definition) is 0. The van der Waals surface area contributed by atoms with Gasteiger partial charge in [-0.05, 0) is 125 Å². The average Bonchev–Trinajstić information content (AvgIpc) is 1.65. The van der Waals surface area contributed by atoms with E-state index in [1.54, 1.807) is 12.2 Å². The van der Waals surface area contributed by atoms with Crippen LogP contribution in [0.5, 0.6) is 0 Å². The lowest BCUT2D eigenvalue weighted by Gasteiger charge is -2.53. The van der Waals surface area contributed by atoms with E-state index in [1.807, 2.05) is 6.08 Å². The Morgan fingerprint density at radius 2 is 0.527 bits per heavy atom. The molecule has 61 heteroatoms. The molecule has 20 bridgehead atoms. The van der Waals surface area contributed by atoms with Gasteiger partial charge in [0.15, 0.2) is 33.5 Å². The summed E-state index contributed by atoms with van der Waals surface area (Å²) in [7, 11) is 0. The Kier molecular flexibility index (Phi) is 30.3. The van der Waals surface area contributed by atoms with E-state index in [-0.39, 0.29) is 62.5 Å². The number of rotatable bonds is 1. The van der Waals surface area contributed by atoms with Crippen LogP contribution in [0.2, 0.25) is 0 Å². The van der Waals surface area contributed by atoms with Crippen LogP contribution in [0.4, 0.5) is 263 Å². The summed E-state index contributed by atoms with van der Waals surface area (Å²) in [5.41, 5.74) is -30.0. The van der Waals surface area contributed by atoms with Crippen molar-refractivity contribution < 1.29 is 263 Å². The van der Waals surface area contributed by atoms with Crippen molar-refractivity contribution in [2.45, 2.75) is 236 Å². The van der Waals surface area contributed by atoms with Crippen LogP contribution in [0.1, 0.15) is 90.4 Å². The first-order chi connectivity index (χ1) is 65.8. The Morgan fingerprint density at radius 3 is 0.743 bits per heavy atom. The molecule has 0 aromatic heterocycles. The van der Waals surface area contributed by atoms with Crippen LogP contribution in [0, 0.1) is 169 Å². The molecule has 0 spiro atoms. The molecule has 20 aliphatic rings. The van der Waals surface area contributed by atoms with Gasteiger partial charge in [-0.3, -0.25) is 0 Å². The summed E-state index contributed by atoms with van der Waals surface area (Å²) in [6.07, 6.45) is -69.3. The third-order valence-corrected chi connectivity index (χ3v) is 33.0. The average molecular weight is 2290 g/mol. The number of hydrogen-bond acceptors (Lipinski definition) is 0. The first-order valence-electron chi connectivity index (χ1n) is 43.6. The molecule has 0 radical (unpaired) electrons. The van der Waals surface area contributed by atoms with Crippen molar-refractivity contribution in [3.8, 4) is 0 Å². The molecule has 20 rings (SSSR count). The molecule has 20 aliphatic carbocycles. The van der Waals surface area contributed by atoms with E-state index in [2.05, 4.69) is 0 Å². The zero-order valence-electron chi connectivity index (χ0n) is 73.2. The molecular weight excluding hydrogens is 2220 g/mol. The van der Waals surface area contributed by atoms with Gasteiger partial charge in [0.25, 0.3) is 17.0 Å². The quantitative estimate of drug-likeness (QED) is 0.139. The fourth-order valence-corrected chi connectivity index (χ4v) is 25.8. The maximum atomic E-state index is 13.8. The van der Waals surface area contributed by atoms with E-state index in [0.29, 0.717) is 25.0 Å². The zero-order chi connectivity index (χ0) is 114. The van der Waals surface area contributed by atoms with E-state index >= 15 is 0 Å². The first-order valence-corrected chi connectivity index (χ1v) is 44.0. The van der Waals surface area contributed by atoms with Gasteiger partial charge in [-0.15, -0.1) is 0 Å². The van der Waals surface area contributed by atoms with Crippen molar-refractivity contribution in [3.05, 3.63) is 122 Å². The third kappa shape index (κ3) is 18.6. The van der Waals surface area contributed by atoms with Crippen LogP contribution in [0.25, 0.3) is 0 Å². The first kappa shape index (κ1) is 122. The predicted molar refractivity (Wildman–Crippen MR) is 391 cm³/mol. The molecule has 0 saturated heterocycles. The highest BCUT2D eigenvalue weighted by molar-refractivity contribution is 6.24. The SMILES string of the molecule is CC1(C(F)(F)F)CC2C=CC1C2.FC(F)(F)C(F)(F)C1(F)CC2C=CC1C2.FC(F)(F)C1(C(F)(F)F)C2C=CC(C2)C1(C(F)(F)F)C(F)(F)F.FC(F)(F)C1(C(F)(F)F)C2C=CC(C2)C1(F)F.FC(F)(F)C1(C(F)(F)F)CC2C=CC1C2.FC(F)(F)C1C2C=CC(C2)C1(C(F)(F)F)C(F)(F)F.FC(F)(F)C1C2C=CC(C2)C1C(F)(F)F.FC1(F)C2C=CC(C2)C1(F)Cl.FC1(F)C2C=CC(C2)C1(F)F.FC1C2C=CC(C2)C1(F)F. The van der Waals surface area contributed by atoms with Gasteiger partial charge in [0.1, 0.15) is 0 Å².